The molecule has 1 saturated carbocycles. The number of nitrogens with zero attached hydrogens (tertiary/aromatic N) is 5. The Kier molecular flexibility index (Phi) is 2.29. The highest BCUT2D eigenvalue weighted by atomic mass is 15.1. The molecule has 114 valence electrons. The largest absolute Gasteiger partial charge is 0.396 e. The summed E-state index contributed by atoms with van der Waals surface area (Å²) in [5.41, 5.74) is 16.4. The van der Waals surface area contributed by atoms with Crippen molar-refractivity contribution in [2.24, 2.45) is 0 Å². The van der Waals surface area contributed by atoms with Gasteiger partial charge in [0.15, 0.2) is 5.65 Å². The third kappa shape index (κ3) is 1.67. The number of anilines is 2. The molecule has 1 aliphatic carbocycles. The molecule has 1 aliphatic rings. The fourth-order valence-electron chi connectivity index (χ4n) is 3.19. The van der Waals surface area contributed by atoms with Crippen molar-refractivity contribution in [3.63, 3.8) is 0 Å². The summed E-state index contributed by atoms with van der Waals surface area (Å²) < 4.78 is 4.19. The summed E-state index contributed by atoms with van der Waals surface area (Å²) in [6, 6.07) is 4.37. The molecule has 7 heteroatoms. The molecule has 4 N–H and O–H groups in total. The second-order valence-electron chi connectivity index (χ2n) is 5.93. The molecule has 4 heterocycles. The molecule has 0 unspecified atom stereocenters. The van der Waals surface area contributed by atoms with Gasteiger partial charge < -0.3 is 16.0 Å². The lowest BCUT2D eigenvalue weighted by Gasteiger charge is -2.06. The summed E-state index contributed by atoms with van der Waals surface area (Å²) in [7, 11) is 0. The summed E-state index contributed by atoms with van der Waals surface area (Å²) in [6.07, 6.45) is 9.65. The fourth-order valence-corrected chi connectivity index (χ4v) is 3.19. The van der Waals surface area contributed by atoms with Crippen molar-refractivity contribution in [3.05, 3.63) is 37.1 Å². The van der Waals surface area contributed by atoms with Gasteiger partial charge in [-0.05, 0) is 25.0 Å². The van der Waals surface area contributed by atoms with E-state index in [0.29, 0.717) is 17.5 Å². The minimum Gasteiger partial charge on any atom is -0.396 e. The molecule has 4 aromatic heterocycles. The number of aromatic nitrogens is 5. The van der Waals surface area contributed by atoms with Crippen LogP contribution >= 0.6 is 0 Å². The van der Waals surface area contributed by atoms with Crippen LogP contribution in [0.5, 0.6) is 0 Å². The SMILES string of the molecule is Nc1ncnc2c1c(-c1ccc(N)c3nccn13)cn2C1CC1. The highest BCUT2D eigenvalue weighted by Gasteiger charge is 2.28. The van der Waals surface area contributed by atoms with E-state index in [-0.39, 0.29) is 0 Å². The number of imidazole rings is 1. The van der Waals surface area contributed by atoms with Crippen LogP contribution in [0.25, 0.3) is 27.9 Å². The zero-order valence-electron chi connectivity index (χ0n) is 12.3. The van der Waals surface area contributed by atoms with Gasteiger partial charge in [-0.3, -0.25) is 4.40 Å². The zero-order chi connectivity index (χ0) is 15.6. The number of pyridine rings is 1. The minimum absolute atomic E-state index is 0.495. The van der Waals surface area contributed by atoms with Gasteiger partial charge in [-0.15, -0.1) is 0 Å². The van der Waals surface area contributed by atoms with Crippen molar-refractivity contribution >= 4 is 28.2 Å². The number of hydrogen-bond donors (Lipinski definition) is 2. The van der Waals surface area contributed by atoms with Crippen LogP contribution in [0.3, 0.4) is 0 Å². The molecule has 0 saturated heterocycles. The summed E-state index contributed by atoms with van der Waals surface area (Å²) >= 11 is 0. The molecule has 0 bridgehead atoms. The fraction of sp³-hybridized carbons (Fsp3) is 0.188. The Morgan fingerprint density at radius 3 is 2.74 bits per heavy atom. The number of nitrogen functional groups attached to an aromatic ring is 2. The average molecular weight is 305 g/mol. The summed E-state index contributed by atoms with van der Waals surface area (Å²) in [4.78, 5) is 13.0. The van der Waals surface area contributed by atoms with Crippen molar-refractivity contribution in [3.8, 4) is 11.3 Å². The topological polar surface area (TPSA) is 100 Å². The van der Waals surface area contributed by atoms with Crippen LogP contribution in [0.4, 0.5) is 11.5 Å². The average Bonchev–Trinajstić information content (AvgIpc) is 3.12. The van der Waals surface area contributed by atoms with Gasteiger partial charge in [0.25, 0.3) is 0 Å². The van der Waals surface area contributed by atoms with Crippen molar-refractivity contribution in [1.29, 1.82) is 0 Å². The van der Waals surface area contributed by atoms with Gasteiger partial charge in [0.1, 0.15) is 17.8 Å². The van der Waals surface area contributed by atoms with Crippen LogP contribution in [-0.4, -0.2) is 23.9 Å². The Bertz CT molecular complexity index is 1060. The first kappa shape index (κ1) is 12.5. The molecular weight excluding hydrogens is 290 g/mol. The van der Waals surface area contributed by atoms with Crippen LogP contribution < -0.4 is 11.5 Å². The minimum atomic E-state index is 0.495. The second-order valence-corrected chi connectivity index (χ2v) is 5.93. The molecule has 1 fully saturated rings. The van der Waals surface area contributed by atoms with Gasteiger partial charge in [0.05, 0.1) is 16.8 Å². The normalized spacial score (nSPS) is 14.8. The number of hydrogen-bond acceptors (Lipinski definition) is 5. The highest BCUT2D eigenvalue weighted by molar-refractivity contribution is 6.00. The van der Waals surface area contributed by atoms with Gasteiger partial charge in [0.2, 0.25) is 0 Å². The summed E-state index contributed by atoms with van der Waals surface area (Å²) in [5, 5.41) is 0.888. The van der Waals surface area contributed by atoms with Crippen molar-refractivity contribution in [2.75, 3.05) is 11.5 Å². The van der Waals surface area contributed by atoms with E-state index < -0.39 is 0 Å². The molecule has 23 heavy (non-hydrogen) atoms. The van der Waals surface area contributed by atoms with E-state index in [1.54, 1.807) is 6.20 Å². The van der Waals surface area contributed by atoms with E-state index in [9.17, 15) is 0 Å². The van der Waals surface area contributed by atoms with Gasteiger partial charge in [-0.1, -0.05) is 0 Å². The maximum Gasteiger partial charge on any atom is 0.160 e. The second kappa shape index (κ2) is 4.22. The number of fused-ring (bicyclic) bond motifs is 2. The quantitative estimate of drug-likeness (QED) is 0.591. The molecule has 0 radical (unpaired) electrons. The van der Waals surface area contributed by atoms with Gasteiger partial charge in [-0.25, -0.2) is 15.0 Å². The summed E-state index contributed by atoms with van der Waals surface area (Å²) in [5.74, 6) is 0.495. The van der Waals surface area contributed by atoms with Crippen LogP contribution in [0.2, 0.25) is 0 Å². The molecule has 4 aromatic rings. The standard InChI is InChI=1S/C16H15N7/c17-11-3-4-12(22-6-5-19-15(11)22)10-7-23(9-1-2-9)16-13(10)14(18)20-8-21-16/h3-9H,1-2,17H2,(H2,18,20,21). The van der Waals surface area contributed by atoms with Gasteiger partial charge in [-0.2, -0.15) is 0 Å². The lowest BCUT2D eigenvalue weighted by atomic mass is 10.1. The van der Waals surface area contributed by atoms with E-state index in [1.165, 1.54) is 19.2 Å². The Balaban J connectivity index is 1.89. The van der Waals surface area contributed by atoms with Crippen LogP contribution in [0, 0.1) is 0 Å². The first-order valence-corrected chi connectivity index (χ1v) is 7.57. The van der Waals surface area contributed by atoms with E-state index in [4.69, 9.17) is 11.5 Å². The lowest BCUT2D eigenvalue weighted by Crippen LogP contribution is -1.97. The van der Waals surface area contributed by atoms with E-state index in [2.05, 4.69) is 25.7 Å². The zero-order valence-corrected chi connectivity index (χ0v) is 12.3. The van der Waals surface area contributed by atoms with Crippen molar-refractivity contribution in [1.82, 2.24) is 23.9 Å². The molecule has 5 rings (SSSR count). The first-order chi connectivity index (χ1) is 11.2. The predicted octanol–water partition coefficient (Wildman–Crippen LogP) is 2.25. The maximum absolute atomic E-state index is 6.16. The van der Waals surface area contributed by atoms with Crippen molar-refractivity contribution in [2.45, 2.75) is 18.9 Å². The van der Waals surface area contributed by atoms with Gasteiger partial charge in [0, 0.05) is 30.2 Å². The molecule has 0 aliphatic heterocycles. The molecule has 7 nitrogen and oxygen atoms in total. The third-order valence-corrected chi connectivity index (χ3v) is 4.43. The summed E-state index contributed by atoms with van der Waals surface area (Å²) in [6.45, 7) is 0. The van der Waals surface area contributed by atoms with Crippen molar-refractivity contribution < 1.29 is 0 Å². The Morgan fingerprint density at radius 1 is 1.04 bits per heavy atom. The molecule has 0 aromatic carbocycles. The number of nitrogens with two attached hydrogens (primary N) is 2. The first-order valence-electron chi connectivity index (χ1n) is 7.57. The highest BCUT2D eigenvalue weighted by Crippen LogP contribution is 2.42. The lowest BCUT2D eigenvalue weighted by molar-refractivity contribution is 0.766. The maximum atomic E-state index is 6.16. The van der Waals surface area contributed by atoms with Crippen LogP contribution in [0.1, 0.15) is 18.9 Å². The Labute approximate surface area is 131 Å². The smallest absolute Gasteiger partial charge is 0.160 e. The van der Waals surface area contributed by atoms with Crippen LogP contribution in [-0.2, 0) is 0 Å². The Hall–Kier alpha value is -3.09. The molecule has 0 atom stereocenters. The monoisotopic (exact) mass is 305 g/mol. The molecule has 0 spiro atoms. The third-order valence-electron chi connectivity index (χ3n) is 4.43. The van der Waals surface area contributed by atoms with Gasteiger partial charge >= 0.3 is 0 Å². The molecular formula is C16H15N7. The molecule has 0 amide bonds. The predicted molar refractivity (Wildman–Crippen MR) is 88.8 cm³/mol. The number of rotatable bonds is 2. The van der Waals surface area contributed by atoms with E-state index in [0.717, 1.165) is 27.9 Å². The van der Waals surface area contributed by atoms with Crippen LogP contribution in [0.15, 0.2) is 37.1 Å². The Morgan fingerprint density at radius 2 is 1.91 bits per heavy atom. The van der Waals surface area contributed by atoms with E-state index >= 15 is 0 Å². The van der Waals surface area contributed by atoms with E-state index in [1.807, 2.05) is 22.7 Å².